The van der Waals surface area contributed by atoms with Gasteiger partial charge in [0, 0.05) is 0 Å². The third kappa shape index (κ3) is 5.64. The Kier molecular flexibility index (Phi) is 7.39. The van der Waals surface area contributed by atoms with E-state index in [1.807, 2.05) is 6.07 Å². The van der Waals surface area contributed by atoms with Crippen LogP contribution in [0, 0.1) is 0 Å². The summed E-state index contributed by atoms with van der Waals surface area (Å²) in [5.41, 5.74) is 0.337. The van der Waals surface area contributed by atoms with Crippen molar-refractivity contribution in [1.29, 1.82) is 0 Å². The first-order chi connectivity index (χ1) is 13.1. The maximum atomic E-state index is 13.3. The van der Waals surface area contributed by atoms with Crippen LogP contribution in [-0.4, -0.2) is 40.5 Å². The fourth-order valence-corrected chi connectivity index (χ4v) is 4.24. The summed E-state index contributed by atoms with van der Waals surface area (Å²) in [5.74, 6) is -2.18. The molecular formula is C18H25ClN3O5P. The maximum absolute atomic E-state index is 13.3. The fraction of sp³-hybridized carbons (Fsp3) is 0.500. The summed E-state index contributed by atoms with van der Waals surface area (Å²) in [5, 5.41) is 2.80. The molecule has 0 spiro atoms. The molecule has 0 radical (unpaired) electrons. The first kappa shape index (κ1) is 22.6. The minimum Gasteiger partial charge on any atom is -0.458 e. The number of benzene rings is 1. The van der Waals surface area contributed by atoms with Gasteiger partial charge in [-0.15, -0.1) is 0 Å². The molecule has 0 saturated heterocycles. The van der Waals surface area contributed by atoms with Crippen molar-refractivity contribution < 1.29 is 23.1 Å². The van der Waals surface area contributed by atoms with Gasteiger partial charge >= 0.3 is 13.6 Å². The molecule has 1 aromatic carbocycles. The van der Waals surface area contributed by atoms with Crippen LogP contribution in [0.2, 0.25) is 5.15 Å². The second-order valence-electron chi connectivity index (χ2n) is 6.81. The Morgan fingerprint density at radius 3 is 2.18 bits per heavy atom. The van der Waals surface area contributed by atoms with Crippen LogP contribution in [-0.2, 0) is 23.1 Å². The number of ether oxygens (including phenoxy) is 1. The zero-order chi connectivity index (χ0) is 20.9. The van der Waals surface area contributed by atoms with Crippen molar-refractivity contribution in [2.24, 2.45) is 0 Å². The van der Waals surface area contributed by atoms with E-state index in [-0.39, 0.29) is 24.2 Å². The van der Waals surface area contributed by atoms with Crippen molar-refractivity contribution >= 4 is 42.0 Å². The van der Waals surface area contributed by atoms with E-state index in [0.717, 1.165) is 0 Å². The Bertz CT molecular complexity index is 877. The lowest BCUT2D eigenvalue weighted by Gasteiger charge is -2.29. The molecule has 1 atom stereocenters. The molecule has 8 nitrogen and oxygen atoms in total. The van der Waals surface area contributed by atoms with Crippen molar-refractivity contribution in [3.8, 4) is 0 Å². The predicted molar refractivity (Wildman–Crippen MR) is 109 cm³/mol. The van der Waals surface area contributed by atoms with Crippen LogP contribution in [0.4, 0.5) is 5.82 Å². The van der Waals surface area contributed by atoms with E-state index in [1.165, 1.54) is 0 Å². The van der Waals surface area contributed by atoms with E-state index >= 15 is 0 Å². The van der Waals surface area contributed by atoms with Crippen molar-refractivity contribution in [2.75, 3.05) is 18.5 Å². The highest BCUT2D eigenvalue weighted by Crippen LogP contribution is 2.53. The number of halogens is 1. The molecular weight excluding hydrogens is 405 g/mol. The van der Waals surface area contributed by atoms with Crippen LogP contribution < -0.4 is 5.32 Å². The number of para-hydroxylation sites is 2. The molecule has 0 aliphatic carbocycles. The molecule has 1 unspecified atom stereocenters. The van der Waals surface area contributed by atoms with E-state index in [2.05, 4.69) is 15.3 Å². The molecule has 10 heteroatoms. The molecule has 1 aromatic heterocycles. The minimum absolute atomic E-state index is 0.0202. The highest BCUT2D eigenvalue weighted by Gasteiger charge is 2.44. The maximum Gasteiger partial charge on any atom is 0.364 e. The van der Waals surface area contributed by atoms with Crippen LogP contribution in [0.5, 0.6) is 0 Å². The van der Waals surface area contributed by atoms with Crippen LogP contribution >= 0.6 is 19.2 Å². The number of rotatable bonds is 8. The van der Waals surface area contributed by atoms with Gasteiger partial charge in [0.15, 0.2) is 11.0 Å². The monoisotopic (exact) mass is 429 g/mol. The number of nitrogens with zero attached hydrogens (tertiary/aromatic N) is 2. The molecule has 0 aliphatic rings. The summed E-state index contributed by atoms with van der Waals surface area (Å²) in [7, 11) is -3.93. The zero-order valence-electron chi connectivity index (χ0n) is 16.6. The molecule has 0 aliphatic heterocycles. The zero-order valence-corrected chi connectivity index (χ0v) is 18.2. The summed E-state index contributed by atoms with van der Waals surface area (Å²) < 4.78 is 29.4. The standard InChI is InChI=1S/C18H25ClN3O5P/c1-6-25-28(24,26-7-2)16(17(23)27-18(3,4)5)22-15-14(19)20-12-10-8-9-11-13(12)21-15/h8-11,16H,6-7H2,1-5H3,(H,21,22). The van der Waals surface area contributed by atoms with Crippen molar-refractivity contribution in [3.63, 3.8) is 0 Å². The van der Waals surface area contributed by atoms with Gasteiger partial charge in [0.25, 0.3) is 0 Å². The molecule has 1 heterocycles. The SMILES string of the molecule is CCOP(=O)(OCC)C(Nc1nc2ccccc2nc1Cl)C(=O)OC(C)(C)C. The lowest BCUT2D eigenvalue weighted by atomic mass is 10.2. The van der Waals surface area contributed by atoms with Gasteiger partial charge in [0.05, 0.1) is 24.2 Å². The van der Waals surface area contributed by atoms with E-state index in [9.17, 15) is 9.36 Å². The van der Waals surface area contributed by atoms with Gasteiger partial charge in [0.2, 0.25) is 5.78 Å². The molecule has 154 valence electrons. The summed E-state index contributed by atoms with van der Waals surface area (Å²) >= 11 is 6.23. The largest absolute Gasteiger partial charge is 0.458 e. The summed E-state index contributed by atoms with van der Waals surface area (Å²) in [6, 6.07) is 7.11. The lowest BCUT2D eigenvalue weighted by molar-refractivity contribution is -0.154. The molecule has 2 rings (SSSR count). The van der Waals surface area contributed by atoms with E-state index in [1.54, 1.807) is 52.8 Å². The van der Waals surface area contributed by atoms with Gasteiger partial charge in [-0.05, 0) is 46.8 Å². The quantitative estimate of drug-likeness (QED) is 0.479. The first-order valence-corrected chi connectivity index (χ1v) is 10.9. The van der Waals surface area contributed by atoms with Crippen molar-refractivity contribution in [1.82, 2.24) is 9.97 Å². The number of fused-ring (bicyclic) bond motifs is 1. The summed E-state index contributed by atoms with van der Waals surface area (Å²) in [6.07, 6.45) is 0. The van der Waals surface area contributed by atoms with Crippen molar-refractivity contribution in [2.45, 2.75) is 46.0 Å². The highest BCUT2D eigenvalue weighted by molar-refractivity contribution is 7.55. The topological polar surface area (TPSA) is 99.6 Å². The number of hydrogen-bond donors (Lipinski definition) is 1. The number of carbonyl (C=O) groups excluding carboxylic acids is 1. The molecule has 0 bridgehead atoms. The Morgan fingerprint density at radius 1 is 1.14 bits per heavy atom. The smallest absolute Gasteiger partial charge is 0.364 e. The Morgan fingerprint density at radius 2 is 1.68 bits per heavy atom. The minimum atomic E-state index is -3.93. The van der Waals surface area contributed by atoms with E-state index < -0.39 is 24.9 Å². The average molecular weight is 430 g/mol. The van der Waals surface area contributed by atoms with Gasteiger partial charge < -0.3 is 19.1 Å². The van der Waals surface area contributed by atoms with E-state index in [4.69, 9.17) is 25.4 Å². The van der Waals surface area contributed by atoms with Crippen LogP contribution in [0.1, 0.15) is 34.6 Å². The third-order valence-electron chi connectivity index (χ3n) is 3.37. The predicted octanol–water partition coefficient (Wildman–Crippen LogP) is 4.63. The summed E-state index contributed by atoms with van der Waals surface area (Å²) in [6.45, 7) is 8.58. The van der Waals surface area contributed by atoms with Crippen LogP contribution in [0.15, 0.2) is 24.3 Å². The van der Waals surface area contributed by atoms with Crippen LogP contribution in [0.25, 0.3) is 11.0 Å². The molecule has 0 amide bonds. The lowest BCUT2D eigenvalue weighted by Crippen LogP contribution is -2.38. The molecule has 2 aromatic rings. The molecule has 28 heavy (non-hydrogen) atoms. The number of anilines is 1. The Labute approximate surface area is 169 Å². The van der Waals surface area contributed by atoms with Gasteiger partial charge in [0.1, 0.15) is 5.60 Å². The first-order valence-electron chi connectivity index (χ1n) is 8.90. The van der Waals surface area contributed by atoms with Gasteiger partial charge in [-0.1, -0.05) is 23.7 Å². The summed E-state index contributed by atoms with van der Waals surface area (Å²) in [4.78, 5) is 21.5. The second kappa shape index (κ2) is 9.18. The molecule has 0 fully saturated rings. The van der Waals surface area contributed by atoms with Crippen LogP contribution in [0.3, 0.4) is 0 Å². The fourth-order valence-electron chi connectivity index (χ4n) is 2.37. The number of hydrogen-bond acceptors (Lipinski definition) is 8. The normalized spacial score (nSPS) is 13.4. The van der Waals surface area contributed by atoms with Gasteiger partial charge in [-0.3, -0.25) is 4.57 Å². The van der Waals surface area contributed by atoms with E-state index in [0.29, 0.717) is 11.0 Å². The molecule has 1 N–H and O–H groups in total. The Balaban J connectivity index is 2.48. The number of esters is 1. The van der Waals surface area contributed by atoms with Gasteiger partial charge in [-0.2, -0.15) is 0 Å². The second-order valence-corrected chi connectivity index (χ2v) is 9.28. The number of carbonyl (C=O) groups is 1. The molecule has 0 saturated carbocycles. The number of nitrogens with one attached hydrogen (secondary N) is 1. The van der Waals surface area contributed by atoms with Gasteiger partial charge in [-0.25, -0.2) is 14.8 Å². The highest BCUT2D eigenvalue weighted by atomic mass is 35.5. The average Bonchev–Trinajstić information content (AvgIpc) is 2.58. The third-order valence-corrected chi connectivity index (χ3v) is 5.84. The number of aromatic nitrogens is 2. The Hall–Kier alpha value is -1.73. The van der Waals surface area contributed by atoms with Crippen molar-refractivity contribution in [3.05, 3.63) is 29.4 Å².